The summed E-state index contributed by atoms with van der Waals surface area (Å²) in [6.07, 6.45) is 1.98. The van der Waals surface area contributed by atoms with Crippen molar-refractivity contribution in [3.63, 3.8) is 0 Å². The first-order valence-corrected chi connectivity index (χ1v) is 7.69. The summed E-state index contributed by atoms with van der Waals surface area (Å²) in [7, 11) is -4.26. The normalized spacial score (nSPS) is 11.6. The van der Waals surface area contributed by atoms with Gasteiger partial charge in [-0.2, -0.15) is 18.8 Å². The summed E-state index contributed by atoms with van der Waals surface area (Å²) in [5.74, 6) is -1.38. The van der Waals surface area contributed by atoms with E-state index in [1.807, 2.05) is 6.92 Å². The molecule has 1 rings (SSSR count). The Morgan fingerprint density at radius 3 is 2.73 bits per heavy atom. The lowest BCUT2D eigenvalue weighted by Crippen LogP contribution is -2.25. The van der Waals surface area contributed by atoms with E-state index in [1.165, 1.54) is 12.1 Å². The zero-order valence-corrected chi connectivity index (χ0v) is 12.6. The number of amides is 1. The number of rotatable bonds is 6. The molecule has 1 amide bonds. The molecule has 0 bridgehead atoms. The first-order chi connectivity index (χ1) is 10.3. The van der Waals surface area contributed by atoms with E-state index >= 15 is 0 Å². The maximum atomic E-state index is 11.7. The van der Waals surface area contributed by atoms with Crippen LogP contribution in [0.5, 0.6) is 11.5 Å². The van der Waals surface area contributed by atoms with Crippen LogP contribution in [0.2, 0.25) is 0 Å². The zero-order chi connectivity index (χ0) is 16.8. The fourth-order valence-corrected chi connectivity index (χ4v) is 1.86. The molecule has 1 aromatic rings. The van der Waals surface area contributed by atoms with Crippen molar-refractivity contribution >= 4 is 22.3 Å². The third kappa shape index (κ3) is 5.43. The average molecular weight is 325 g/mol. The molecule has 8 nitrogen and oxygen atoms in total. The number of benzene rings is 1. The Labute approximate surface area is 128 Å². The van der Waals surface area contributed by atoms with Crippen LogP contribution in [0, 0.1) is 11.3 Å². The monoisotopic (exact) mass is 325 g/mol. The quantitative estimate of drug-likeness (QED) is 0.510. The maximum Gasteiger partial charge on any atom is 0.380 e. The summed E-state index contributed by atoms with van der Waals surface area (Å²) in [5, 5.41) is 25.9. The van der Waals surface area contributed by atoms with Gasteiger partial charge in [0.25, 0.3) is 5.91 Å². The third-order valence-corrected chi connectivity index (χ3v) is 2.81. The van der Waals surface area contributed by atoms with Crippen molar-refractivity contribution in [2.75, 3.05) is 6.54 Å². The fourth-order valence-electron chi connectivity index (χ4n) is 1.47. The second-order valence-corrected chi connectivity index (χ2v) is 5.38. The van der Waals surface area contributed by atoms with E-state index in [0.29, 0.717) is 12.1 Å². The van der Waals surface area contributed by atoms with Gasteiger partial charge in [-0.3, -0.25) is 4.79 Å². The SMILES string of the molecule is CCCNC(=O)/C(C#N)=C/c1ccc(OS(N)(=O)=O)c(O)c1. The summed E-state index contributed by atoms with van der Waals surface area (Å²) in [5.41, 5.74) is 0.176. The number of nitrogens with zero attached hydrogens (tertiary/aromatic N) is 1. The molecular formula is C13H15N3O5S. The van der Waals surface area contributed by atoms with Gasteiger partial charge in [-0.25, -0.2) is 0 Å². The van der Waals surface area contributed by atoms with Crippen molar-refractivity contribution < 1.29 is 22.5 Å². The van der Waals surface area contributed by atoms with Gasteiger partial charge in [0.05, 0.1) is 0 Å². The van der Waals surface area contributed by atoms with Gasteiger partial charge in [-0.1, -0.05) is 13.0 Å². The van der Waals surface area contributed by atoms with Crippen LogP contribution in [0.1, 0.15) is 18.9 Å². The van der Waals surface area contributed by atoms with Crippen LogP contribution in [0.25, 0.3) is 6.08 Å². The Kier molecular flexibility index (Phi) is 5.91. The molecule has 0 atom stereocenters. The van der Waals surface area contributed by atoms with E-state index in [0.717, 1.165) is 18.6 Å². The van der Waals surface area contributed by atoms with E-state index in [1.54, 1.807) is 6.07 Å². The van der Waals surface area contributed by atoms with Crippen LogP contribution in [0.3, 0.4) is 0 Å². The number of hydrogen-bond donors (Lipinski definition) is 3. The molecular weight excluding hydrogens is 310 g/mol. The third-order valence-electron chi connectivity index (χ3n) is 2.40. The van der Waals surface area contributed by atoms with Crippen molar-refractivity contribution in [1.82, 2.24) is 5.32 Å². The van der Waals surface area contributed by atoms with Crippen LogP contribution in [-0.4, -0.2) is 26.0 Å². The number of phenolic OH excluding ortho intramolecular Hbond substituents is 1. The number of aromatic hydroxyl groups is 1. The molecule has 0 radical (unpaired) electrons. The highest BCUT2D eigenvalue weighted by molar-refractivity contribution is 7.84. The molecule has 9 heteroatoms. The van der Waals surface area contributed by atoms with Gasteiger partial charge in [-0.15, -0.1) is 0 Å². The standard InChI is InChI=1S/C13H15N3O5S/c1-2-5-16-13(18)10(8-14)6-9-3-4-12(11(17)7-9)21-22(15,19)20/h3-4,6-7,17H,2,5H2,1H3,(H,16,18)(H2,15,19,20)/b10-6+. The predicted octanol–water partition coefficient (Wildman–Crippen LogP) is 0.408. The Balaban J connectivity index is 3.02. The van der Waals surface area contributed by atoms with Crippen molar-refractivity contribution in [2.24, 2.45) is 5.14 Å². The Hall–Kier alpha value is -2.57. The molecule has 0 aliphatic rings. The van der Waals surface area contributed by atoms with Crippen LogP contribution in [-0.2, 0) is 15.1 Å². The summed E-state index contributed by atoms with van der Waals surface area (Å²) in [6, 6.07) is 5.42. The summed E-state index contributed by atoms with van der Waals surface area (Å²) >= 11 is 0. The molecule has 0 unspecified atom stereocenters. The molecule has 0 aromatic heterocycles. The predicted molar refractivity (Wildman–Crippen MR) is 78.7 cm³/mol. The van der Waals surface area contributed by atoms with E-state index < -0.39 is 22.0 Å². The van der Waals surface area contributed by atoms with Gasteiger partial charge in [-0.05, 0) is 30.2 Å². The maximum absolute atomic E-state index is 11.7. The molecule has 4 N–H and O–H groups in total. The number of nitrogens with two attached hydrogens (primary N) is 1. The summed E-state index contributed by atoms with van der Waals surface area (Å²) in [4.78, 5) is 11.7. The molecule has 0 saturated heterocycles. The highest BCUT2D eigenvalue weighted by Crippen LogP contribution is 2.28. The minimum Gasteiger partial charge on any atom is -0.504 e. The van der Waals surface area contributed by atoms with Crippen molar-refractivity contribution in [3.8, 4) is 17.6 Å². The van der Waals surface area contributed by atoms with Gasteiger partial charge < -0.3 is 14.6 Å². The molecule has 0 spiro atoms. The van der Waals surface area contributed by atoms with E-state index in [4.69, 9.17) is 10.4 Å². The van der Waals surface area contributed by atoms with E-state index in [2.05, 4.69) is 9.50 Å². The molecule has 0 fully saturated rings. The minimum atomic E-state index is -4.26. The second kappa shape index (κ2) is 7.44. The Morgan fingerprint density at radius 2 is 2.23 bits per heavy atom. The van der Waals surface area contributed by atoms with Crippen LogP contribution in [0.4, 0.5) is 0 Å². The number of nitrogens with one attached hydrogen (secondary N) is 1. The van der Waals surface area contributed by atoms with Crippen molar-refractivity contribution in [2.45, 2.75) is 13.3 Å². The Bertz CT molecular complexity index is 735. The molecule has 1 aromatic carbocycles. The highest BCUT2D eigenvalue weighted by atomic mass is 32.2. The summed E-state index contributed by atoms with van der Waals surface area (Å²) in [6.45, 7) is 2.31. The molecule has 0 saturated carbocycles. The first kappa shape index (κ1) is 17.5. The lowest BCUT2D eigenvalue weighted by molar-refractivity contribution is -0.117. The molecule has 0 heterocycles. The average Bonchev–Trinajstić information content (AvgIpc) is 2.43. The fraction of sp³-hybridized carbons (Fsp3) is 0.231. The van der Waals surface area contributed by atoms with Crippen LogP contribution < -0.4 is 14.6 Å². The van der Waals surface area contributed by atoms with Gasteiger partial charge in [0, 0.05) is 6.54 Å². The number of carbonyl (C=O) groups excluding carboxylic acids is 1. The molecule has 118 valence electrons. The highest BCUT2D eigenvalue weighted by Gasteiger charge is 2.12. The van der Waals surface area contributed by atoms with Crippen LogP contribution >= 0.6 is 0 Å². The second-order valence-electron chi connectivity index (χ2n) is 4.23. The lowest BCUT2D eigenvalue weighted by atomic mass is 10.1. The first-order valence-electron chi connectivity index (χ1n) is 6.22. The largest absolute Gasteiger partial charge is 0.504 e. The zero-order valence-electron chi connectivity index (χ0n) is 11.7. The van der Waals surface area contributed by atoms with Gasteiger partial charge >= 0.3 is 10.3 Å². The van der Waals surface area contributed by atoms with Crippen molar-refractivity contribution in [3.05, 3.63) is 29.3 Å². The van der Waals surface area contributed by atoms with E-state index in [-0.39, 0.29) is 11.3 Å². The number of nitriles is 1. The molecule has 0 aliphatic carbocycles. The van der Waals surface area contributed by atoms with E-state index in [9.17, 15) is 18.3 Å². The number of carbonyl (C=O) groups is 1. The smallest absolute Gasteiger partial charge is 0.380 e. The lowest BCUT2D eigenvalue weighted by Gasteiger charge is -2.06. The number of phenols is 1. The molecule has 22 heavy (non-hydrogen) atoms. The van der Waals surface area contributed by atoms with Crippen LogP contribution in [0.15, 0.2) is 23.8 Å². The molecule has 0 aliphatic heterocycles. The Morgan fingerprint density at radius 1 is 1.55 bits per heavy atom. The van der Waals surface area contributed by atoms with Gasteiger partial charge in [0.1, 0.15) is 11.6 Å². The summed E-state index contributed by atoms with van der Waals surface area (Å²) < 4.78 is 25.9. The minimum absolute atomic E-state index is 0.145. The topological polar surface area (TPSA) is 143 Å². The van der Waals surface area contributed by atoms with Crippen molar-refractivity contribution in [1.29, 1.82) is 5.26 Å². The van der Waals surface area contributed by atoms with Gasteiger partial charge in [0.2, 0.25) is 0 Å². The van der Waals surface area contributed by atoms with Gasteiger partial charge in [0.15, 0.2) is 11.5 Å². The number of hydrogen-bond acceptors (Lipinski definition) is 6.